The zero-order chi connectivity index (χ0) is 20.6. The molecule has 0 spiro atoms. The maximum absolute atomic E-state index is 12.6. The van der Waals surface area contributed by atoms with Crippen LogP contribution in [0, 0.1) is 0 Å². The molecule has 2 aromatic carbocycles. The Kier molecular flexibility index (Phi) is 6.76. The van der Waals surface area contributed by atoms with Gasteiger partial charge in [0.2, 0.25) is 5.89 Å². The highest BCUT2D eigenvalue weighted by molar-refractivity contribution is 5.95. The average molecular weight is 393 g/mol. The molecule has 1 aromatic heterocycles. The summed E-state index contributed by atoms with van der Waals surface area (Å²) < 4.78 is 10.2. The van der Waals surface area contributed by atoms with Gasteiger partial charge >= 0.3 is 5.97 Å². The van der Waals surface area contributed by atoms with Crippen molar-refractivity contribution in [2.45, 2.75) is 24.9 Å². The summed E-state index contributed by atoms with van der Waals surface area (Å²) in [6, 6.07) is 17.7. The number of carbonyl (C=O) groups excluding carboxylic acids is 2. The Labute approximate surface area is 168 Å². The summed E-state index contributed by atoms with van der Waals surface area (Å²) in [5.74, 6) is -0.804. The maximum atomic E-state index is 12.6. The van der Waals surface area contributed by atoms with Gasteiger partial charge in [-0.2, -0.15) is 0 Å². The summed E-state index contributed by atoms with van der Waals surface area (Å²) >= 11 is 0. The molecule has 0 aliphatic heterocycles. The lowest BCUT2D eigenvalue weighted by molar-refractivity contribution is -0.142. The highest BCUT2D eigenvalue weighted by atomic mass is 16.5. The third kappa shape index (κ3) is 5.52. The number of nitrogens with zero attached hydrogens (tertiary/aromatic N) is 1. The van der Waals surface area contributed by atoms with Crippen LogP contribution in [-0.2, 0) is 22.4 Å². The van der Waals surface area contributed by atoms with Gasteiger partial charge in [-0.25, -0.2) is 9.78 Å². The molecule has 2 unspecified atom stereocenters. The Morgan fingerprint density at radius 1 is 1.03 bits per heavy atom. The second kappa shape index (κ2) is 9.66. The molecule has 0 saturated heterocycles. The molecule has 0 fully saturated rings. The van der Waals surface area contributed by atoms with Crippen molar-refractivity contribution in [3.63, 3.8) is 0 Å². The van der Waals surface area contributed by atoms with Gasteiger partial charge in [0.25, 0.3) is 5.91 Å². The third-order valence-electron chi connectivity index (χ3n) is 4.44. The van der Waals surface area contributed by atoms with E-state index in [1.54, 1.807) is 0 Å². The number of ether oxygens (including phenoxy) is 1. The van der Waals surface area contributed by atoms with Crippen LogP contribution in [0.3, 0.4) is 0 Å². The molecule has 3 aromatic rings. The van der Waals surface area contributed by atoms with E-state index in [-0.39, 0.29) is 11.6 Å². The van der Waals surface area contributed by atoms with Gasteiger partial charge in [-0.05, 0) is 17.5 Å². The fourth-order valence-corrected chi connectivity index (χ4v) is 2.94. The van der Waals surface area contributed by atoms with E-state index in [1.807, 2.05) is 60.7 Å². The van der Waals surface area contributed by atoms with Crippen molar-refractivity contribution in [3.05, 3.63) is 89.6 Å². The molecule has 7 heteroatoms. The quantitative estimate of drug-likeness (QED) is 0.569. The smallest absolute Gasteiger partial charge is 0.328 e. The van der Waals surface area contributed by atoms with Crippen LogP contribution >= 0.6 is 0 Å². The lowest BCUT2D eigenvalue weighted by Crippen LogP contribution is -2.43. The summed E-state index contributed by atoms with van der Waals surface area (Å²) in [6.45, 7) is 0. The number of carbonyl (C=O) groups is 2. The van der Waals surface area contributed by atoms with Gasteiger partial charge in [-0.3, -0.25) is 4.79 Å². The van der Waals surface area contributed by atoms with Crippen LogP contribution in [0.1, 0.15) is 33.5 Å². The Morgan fingerprint density at radius 2 is 1.62 bits per heavy atom. The molecule has 1 amide bonds. The molecule has 150 valence electrons. The van der Waals surface area contributed by atoms with Gasteiger partial charge in [0.15, 0.2) is 5.69 Å². The highest BCUT2D eigenvalue weighted by Gasteiger charge is 2.25. The van der Waals surface area contributed by atoms with Crippen LogP contribution in [0.15, 0.2) is 71.3 Å². The first-order valence-electron chi connectivity index (χ1n) is 9.24. The number of nitrogens with two attached hydrogens (primary N) is 1. The SMILES string of the molecule is COC(=O)C(Cc1ccccc1)NC(=O)c1coc(C(N)Cc2ccccc2)n1. The van der Waals surface area contributed by atoms with Gasteiger partial charge in [0, 0.05) is 6.42 Å². The van der Waals surface area contributed by atoms with Crippen molar-refractivity contribution in [2.75, 3.05) is 7.11 Å². The summed E-state index contributed by atoms with van der Waals surface area (Å²) in [5, 5.41) is 2.66. The van der Waals surface area contributed by atoms with Gasteiger partial charge < -0.3 is 20.2 Å². The highest BCUT2D eigenvalue weighted by Crippen LogP contribution is 2.16. The molecule has 0 aliphatic rings. The predicted molar refractivity (Wildman–Crippen MR) is 107 cm³/mol. The molecule has 0 bridgehead atoms. The first kappa shape index (κ1) is 20.3. The molecule has 1 heterocycles. The Hall–Kier alpha value is -3.45. The normalized spacial score (nSPS) is 12.8. The van der Waals surface area contributed by atoms with Crippen LogP contribution in [0.2, 0.25) is 0 Å². The van der Waals surface area contributed by atoms with Gasteiger partial charge in [-0.15, -0.1) is 0 Å². The van der Waals surface area contributed by atoms with Crippen molar-refractivity contribution in [2.24, 2.45) is 5.73 Å². The van der Waals surface area contributed by atoms with E-state index in [2.05, 4.69) is 10.3 Å². The predicted octanol–water partition coefficient (Wildman–Crippen LogP) is 2.43. The first-order valence-corrected chi connectivity index (χ1v) is 9.24. The molecule has 0 aliphatic carbocycles. The fraction of sp³-hybridized carbons (Fsp3) is 0.227. The van der Waals surface area contributed by atoms with E-state index in [0.29, 0.717) is 12.8 Å². The van der Waals surface area contributed by atoms with Crippen molar-refractivity contribution in [3.8, 4) is 0 Å². The van der Waals surface area contributed by atoms with E-state index < -0.39 is 24.0 Å². The molecule has 3 N–H and O–H groups in total. The largest absolute Gasteiger partial charge is 0.467 e. The summed E-state index contributed by atoms with van der Waals surface area (Å²) in [6.07, 6.45) is 2.07. The zero-order valence-electron chi connectivity index (χ0n) is 16.1. The van der Waals surface area contributed by atoms with Gasteiger partial charge in [-0.1, -0.05) is 60.7 Å². The van der Waals surface area contributed by atoms with Gasteiger partial charge in [0.05, 0.1) is 13.2 Å². The van der Waals surface area contributed by atoms with E-state index in [1.165, 1.54) is 13.4 Å². The van der Waals surface area contributed by atoms with Crippen LogP contribution in [0.5, 0.6) is 0 Å². The van der Waals surface area contributed by atoms with Crippen molar-refractivity contribution in [1.82, 2.24) is 10.3 Å². The molecule has 29 heavy (non-hydrogen) atoms. The van der Waals surface area contributed by atoms with E-state index in [9.17, 15) is 9.59 Å². The second-order valence-corrected chi connectivity index (χ2v) is 6.61. The lowest BCUT2D eigenvalue weighted by atomic mass is 10.1. The van der Waals surface area contributed by atoms with Crippen LogP contribution in [0.4, 0.5) is 0 Å². The molecule has 0 radical (unpaired) electrons. The lowest BCUT2D eigenvalue weighted by Gasteiger charge is -2.15. The van der Waals surface area contributed by atoms with Crippen LogP contribution in [0.25, 0.3) is 0 Å². The number of amides is 1. The summed E-state index contributed by atoms with van der Waals surface area (Å²) in [4.78, 5) is 28.9. The fourth-order valence-electron chi connectivity index (χ4n) is 2.94. The zero-order valence-corrected chi connectivity index (χ0v) is 16.1. The number of hydrogen-bond acceptors (Lipinski definition) is 6. The molecule has 3 rings (SSSR count). The monoisotopic (exact) mass is 393 g/mol. The molecule has 7 nitrogen and oxygen atoms in total. The standard InChI is InChI=1S/C22H23N3O4/c1-28-22(27)18(13-16-10-6-3-7-11-16)24-20(26)19-14-29-21(25-19)17(23)12-15-8-4-2-5-9-15/h2-11,14,17-18H,12-13,23H2,1H3,(H,24,26). The van der Waals surface area contributed by atoms with Crippen molar-refractivity contribution < 1.29 is 18.7 Å². The minimum absolute atomic E-state index is 0.0606. The topological polar surface area (TPSA) is 107 Å². The second-order valence-electron chi connectivity index (χ2n) is 6.61. The minimum Gasteiger partial charge on any atom is -0.467 e. The molecular formula is C22H23N3O4. The van der Waals surface area contributed by atoms with Crippen LogP contribution in [-0.4, -0.2) is 30.0 Å². The number of rotatable bonds is 8. The summed E-state index contributed by atoms with van der Waals surface area (Å²) in [7, 11) is 1.28. The van der Waals surface area contributed by atoms with Crippen LogP contribution < -0.4 is 11.1 Å². The molecule has 0 saturated carbocycles. The molecular weight excluding hydrogens is 370 g/mol. The van der Waals surface area contributed by atoms with Crippen molar-refractivity contribution in [1.29, 1.82) is 0 Å². The number of oxazole rings is 1. The number of nitrogens with one attached hydrogen (secondary N) is 1. The first-order chi connectivity index (χ1) is 14.1. The number of aromatic nitrogens is 1. The Morgan fingerprint density at radius 3 is 2.21 bits per heavy atom. The summed E-state index contributed by atoms with van der Waals surface area (Å²) in [5.41, 5.74) is 8.15. The Balaban J connectivity index is 1.66. The third-order valence-corrected chi connectivity index (χ3v) is 4.44. The number of methoxy groups -OCH3 is 1. The number of hydrogen-bond donors (Lipinski definition) is 2. The number of benzene rings is 2. The molecule has 2 atom stereocenters. The van der Waals surface area contributed by atoms with E-state index >= 15 is 0 Å². The van der Waals surface area contributed by atoms with E-state index in [0.717, 1.165) is 11.1 Å². The minimum atomic E-state index is -0.840. The Bertz CT molecular complexity index is 941. The van der Waals surface area contributed by atoms with Crippen molar-refractivity contribution >= 4 is 11.9 Å². The average Bonchev–Trinajstić information content (AvgIpc) is 3.25. The van der Waals surface area contributed by atoms with Gasteiger partial charge in [0.1, 0.15) is 12.3 Å². The maximum Gasteiger partial charge on any atom is 0.328 e. The number of esters is 1. The van der Waals surface area contributed by atoms with E-state index in [4.69, 9.17) is 14.9 Å².